The predicted octanol–water partition coefficient (Wildman–Crippen LogP) is 1.99. The van der Waals surface area contributed by atoms with Crippen LogP contribution in [-0.2, 0) is 6.61 Å². The number of aromatic nitrogens is 3. The van der Waals surface area contributed by atoms with E-state index in [0.29, 0.717) is 22.7 Å². The zero-order valence-electron chi connectivity index (χ0n) is 13.0. The summed E-state index contributed by atoms with van der Waals surface area (Å²) in [5.74, 6) is 0.270. The molecule has 0 fully saturated rings. The molecule has 4 N–H and O–H groups in total. The smallest absolute Gasteiger partial charge is 0.225 e. The van der Waals surface area contributed by atoms with E-state index in [2.05, 4.69) is 15.0 Å². The van der Waals surface area contributed by atoms with Crippen LogP contribution in [0.1, 0.15) is 21.7 Å². The maximum atomic E-state index is 12.9. The van der Waals surface area contributed by atoms with Gasteiger partial charge in [0.25, 0.3) is 0 Å². The average molecular weight is 339 g/mol. The molecule has 0 saturated heterocycles. The summed E-state index contributed by atoms with van der Waals surface area (Å²) in [6.45, 7) is 0.0577. The van der Waals surface area contributed by atoms with E-state index in [0.717, 1.165) is 0 Å². The summed E-state index contributed by atoms with van der Waals surface area (Å²) in [5.41, 5.74) is 11.8. The van der Waals surface area contributed by atoms with Crippen LogP contribution in [0.2, 0.25) is 0 Å². The largest absolute Gasteiger partial charge is 0.486 e. The summed E-state index contributed by atoms with van der Waals surface area (Å²) in [7, 11) is 0. The minimum absolute atomic E-state index is 0.0198. The molecule has 0 unspecified atom stereocenters. The molecule has 25 heavy (non-hydrogen) atoms. The molecule has 0 atom stereocenters. The highest BCUT2D eigenvalue weighted by molar-refractivity contribution is 6.08. The first-order chi connectivity index (χ1) is 12.0. The first kappa shape index (κ1) is 16.3. The summed E-state index contributed by atoms with van der Waals surface area (Å²) < 4.78 is 18.5. The zero-order chi connectivity index (χ0) is 17.8. The fourth-order valence-electron chi connectivity index (χ4n) is 2.14. The fraction of sp³-hybridized carbons (Fsp3) is 0.0588. The molecule has 0 saturated carbocycles. The maximum absolute atomic E-state index is 12.9. The van der Waals surface area contributed by atoms with Gasteiger partial charge in [0.05, 0.1) is 0 Å². The SMILES string of the molecule is Nc1nc(N)nc(COc2ccc(C(=O)c3ccc(F)cc3)cc2)n1. The Morgan fingerprint density at radius 3 is 1.96 bits per heavy atom. The van der Waals surface area contributed by atoms with Crippen molar-refractivity contribution in [3.8, 4) is 5.75 Å². The van der Waals surface area contributed by atoms with Crippen LogP contribution in [0.5, 0.6) is 5.75 Å². The third-order valence-electron chi connectivity index (χ3n) is 3.31. The zero-order valence-corrected chi connectivity index (χ0v) is 13.0. The molecule has 0 aliphatic heterocycles. The maximum Gasteiger partial charge on any atom is 0.225 e. The molecule has 0 amide bonds. The Balaban J connectivity index is 1.67. The molecule has 1 aromatic heterocycles. The van der Waals surface area contributed by atoms with Crippen LogP contribution in [-0.4, -0.2) is 20.7 Å². The normalized spacial score (nSPS) is 10.4. The number of carbonyl (C=O) groups is 1. The first-order valence-electron chi connectivity index (χ1n) is 7.30. The Labute approximate surface area is 142 Å². The van der Waals surface area contributed by atoms with Crippen LogP contribution in [0.15, 0.2) is 48.5 Å². The fourth-order valence-corrected chi connectivity index (χ4v) is 2.14. The number of hydrogen-bond acceptors (Lipinski definition) is 7. The van der Waals surface area contributed by atoms with E-state index in [9.17, 15) is 9.18 Å². The third-order valence-corrected chi connectivity index (χ3v) is 3.31. The number of benzene rings is 2. The molecule has 0 spiro atoms. The molecule has 3 aromatic rings. The number of rotatable bonds is 5. The number of ketones is 1. The number of nitrogens with two attached hydrogens (primary N) is 2. The monoisotopic (exact) mass is 339 g/mol. The van der Waals surface area contributed by atoms with Gasteiger partial charge in [-0.2, -0.15) is 15.0 Å². The van der Waals surface area contributed by atoms with Gasteiger partial charge in [-0.05, 0) is 48.5 Å². The molecule has 0 aliphatic carbocycles. The molecule has 3 rings (SSSR count). The summed E-state index contributed by atoms with van der Waals surface area (Å²) >= 11 is 0. The van der Waals surface area contributed by atoms with Gasteiger partial charge in [0, 0.05) is 11.1 Å². The second-order valence-corrected chi connectivity index (χ2v) is 5.12. The molecular weight excluding hydrogens is 325 g/mol. The van der Waals surface area contributed by atoms with Crippen LogP contribution in [0, 0.1) is 5.82 Å². The van der Waals surface area contributed by atoms with Crippen LogP contribution in [0.25, 0.3) is 0 Å². The van der Waals surface area contributed by atoms with E-state index in [1.54, 1.807) is 24.3 Å². The van der Waals surface area contributed by atoms with Crippen molar-refractivity contribution in [2.75, 3.05) is 11.5 Å². The summed E-state index contributed by atoms with van der Waals surface area (Å²) in [5, 5.41) is 0. The van der Waals surface area contributed by atoms with Gasteiger partial charge in [-0.1, -0.05) is 0 Å². The molecular formula is C17H14FN5O2. The summed E-state index contributed by atoms with van der Waals surface area (Å²) in [6, 6.07) is 11.9. The lowest BCUT2D eigenvalue weighted by molar-refractivity contribution is 0.103. The number of hydrogen-bond donors (Lipinski definition) is 2. The number of ether oxygens (including phenoxy) is 1. The lowest BCUT2D eigenvalue weighted by atomic mass is 10.0. The summed E-state index contributed by atoms with van der Waals surface area (Å²) in [6.07, 6.45) is 0. The lowest BCUT2D eigenvalue weighted by Gasteiger charge is -2.07. The van der Waals surface area contributed by atoms with Crippen molar-refractivity contribution >= 4 is 17.7 Å². The lowest BCUT2D eigenvalue weighted by Crippen LogP contribution is -2.09. The molecule has 7 nitrogen and oxygen atoms in total. The predicted molar refractivity (Wildman–Crippen MR) is 89.3 cm³/mol. The van der Waals surface area contributed by atoms with E-state index >= 15 is 0 Å². The van der Waals surface area contributed by atoms with Crippen molar-refractivity contribution in [1.29, 1.82) is 0 Å². The highest BCUT2D eigenvalue weighted by atomic mass is 19.1. The highest BCUT2D eigenvalue weighted by Gasteiger charge is 2.09. The average Bonchev–Trinajstić information content (AvgIpc) is 2.60. The number of nitrogen functional groups attached to an aromatic ring is 2. The van der Waals surface area contributed by atoms with Crippen LogP contribution in [0.3, 0.4) is 0 Å². The van der Waals surface area contributed by atoms with Crippen molar-refractivity contribution in [1.82, 2.24) is 15.0 Å². The van der Waals surface area contributed by atoms with Gasteiger partial charge in [-0.15, -0.1) is 0 Å². The number of carbonyl (C=O) groups excluding carboxylic acids is 1. The number of halogens is 1. The Morgan fingerprint density at radius 2 is 1.40 bits per heavy atom. The number of anilines is 2. The molecule has 1 heterocycles. The van der Waals surface area contributed by atoms with E-state index in [1.165, 1.54) is 24.3 Å². The highest BCUT2D eigenvalue weighted by Crippen LogP contribution is 2.17. The van der Waals surface area contributed by atoms with Crippen molar-refractivity contribution in [3.05, 3.63) is 71.3 Å². The van der Waals surface area contributed by atoms with Crippen LogP contribution in [0.4, 0.5) is 16.3 Å². The molecule has 0 bridgehead atoms. The van der Waals surface area contributed by atoms with Gasteiger partial charge in [-0.25, -0.2) is 4.39 Å². The Morgan fingerprint density at radius 1 is 0.880 bits per heavy atom. The van der Waals surface area contributed by atoms with Gasteiger partial charge < -0.3 is 16.2 Å². The second kappa shape index (κ2) is 6.91. The van der Waals surface area contributed by atoms with Gasteiger partial charge in [0.1, 0.15) is 18.2 Å². The second-order valence-electron chi connectivity index (χ2n) is 5.12. The van der Waals surface area contributed by atoms with Crippen LogP contribution >= 0.6 is 0 Å². The summed E-state index contributed by atoms with van der Waals surface area (Å²) in [4.78, 5) is 23.8. The van der Waals surface area contributed by atoms with Gasteiger partial charge in [0.15, 0.2) is 11.6 Å². The quantitative estimate of drug-likeness (QED) is 0.683. The van der Waals surface area contributed by atoms with Crippen molar-refractivity contribution in [2.45, 2.75) is 6.61 Å². The van der Waals surface area contributed by atoms with E-state index in [-0.39, 0.29) is 30.1 Å². The molecule has 8 heteroatoms. The van der Waals surface area contributed by atoms with Gasteiger partial charge in [0.2, 0.25) is 11.9 Å². The third kappa shape index (κ3) is 4.05. The van der Waals surface area contributed by atoms with E-state index in [1.807, 2.05) is 0 Å². The standard InChI is InChI=1S/C17H14FN5O2/c18-12-5-1-10(2-6-12)15(24)11-3-7-13(8-4-11)25-9-14-21-16(19)23-17(20)22-14/h1-8H,9H2,(H4,19,20,21,22,23). The van der Waals surface area contributed by atoms with E-state index in [4.69, 9.17) is 16.2 Å². The Hall–Kier alpha value is -3.55. The Bertz CT molecular complexity index is 878. The number of nitrogens with zero attached hydrogens (tertiary/aromatic N) is 3. The molecule has 2 aromatic carbocycles. The minimum Gasteiger partial charge on any atom is -0.486 e. The van der Waals surface area contributed by atoms with Gasteiger partial charge in [-0.3, -0.25) is 4.79 Å². The van der Waals surface area contributed by atoms with Crippen molar-refractivity contribution in [3.63, 3.8) is 0 Å². The van der Waals surface area contributed by atoms with Crippen LogP contribution < -0.4 is 16.2 Å². The molecule has 0 aliphatic rings. The molecule has 0 radical (unpaired) electrons. The minimum atomic E-state index is -0.389. The van der Waals surface area contributed by atoms with Gasteiger partial charge >= 0.3 is 0 Å². The Kier molecular flexibility index (Phi) is 4.51. The van der Waals surface area contributed by atoms with Crippen molar-refractivity contribution < 1.29 is 13.9 Å². The topological polar surface area (TPSA) is 117 Å². The van der Waals surface area contributed by atoms with Crippen molar-refractivity contribution in [2.24, 2.45) is 0 Å². The van der Waals surface area contributed by atoms with E-state index < -0.39 is 0 Å². The molecule has 126 valence electrons. The first-order valence-corrected chi connectivity index (χ1v) is 7.30.